The van der Waals surface area contributed by atoms with Gasteiger partial charge in [0.05, 0.1) is 0 Å². The predicted octanol–water partition coefficient (Wildman–Crippen LogP) is 0.190. The van der Waals surface area contributed by atoms with Crippen LogP contribution in [0.15, 0.2) is 0 Å². The van der Waals surface area contributed by atoms with Crippen molar-refractivity contribution in [2.24, 2.45) is 0 Å². The smallest absolute Gasteiger partial charge is 0.394 e. The Bertz CT molecular complexity index is 152. The van der Waals surface area contributed by atoms with Crippen LogP contribution in [0.5, 0.6) is 0 Å². The SMILES string of the molecule is [CH2]CC(CC)NC(=O)C(=O)O. The second-order valence-electron chi connectivity index (χ2n) is 2.17. The van der Waals surface area contributed by atoms with Crippen molar-refractivity contribution in [3.05, 3.63) is 6.92 Å². The van der Waals surface area contributed by atoms with Crippen molar-refractivity contribution in [2.45, 2.75) is 25.8 Å². The number of hydrogen-bond donors (Lipinski definition) is 2. The first kappa shape index (κ1) is 9.94. The van der Waals surface area contributed by atoms with Crippen LogP contribution in [0.3, 0.4) is 0 Å². The van der Waals surface area contributed by atoms with Crippen LogP contribution in [0.2, 0.25) is 0 Å². The van der Waals surface area contributed by atoms with Gasteiger partial charge in [-0.25, -0.2) is 4.79 Å². The lowest BCUT2D eigenvalue weighted by Crippen LogP contribution is -2.38. The second-order valence-corrected chi connectivity index (χ2v) is 2.17. The molecule has 11 heavy (non-hydrogen) atoms. The second kappa shape index (κ2) is 4.71. The molecule has 4 nitrogen and oxygen atoms in total. The molecule has 0 fully saturated rings. The van der Waals surface area contributed by atoms with Crippen LogP contribution < -0.4 is 5.32 Å². The fourth-order valence-electron chi connectivity index (χ4n) is 0.625. The van der Waals surface area contributed by atoms with Crippen LogP contribution in [0.1, 0.15) is 19.8 Å². The maximum Gasteiger partial charge on any atom is 0.394 e. The van der Waals surface area contributed by atoms with Crippen molar-refractivity contribution in [1.29, 1.82) is 0 Å². The van der Waals surface area contributed by atoms with E-state index in [0.29, 0.717) is 12.8 Å². The summed E-state index contributed by atoms with van der Waals surface area (Å²) in [5, 5.41) is 10.5. The van der Waals surface area contributed by atoms with Crippen LogP contribution in [-0.2, 0) is 9.59 Å². The van der Waals surface area contributed by atoms with E-state index >= 15 is 0 Å². The molecule has 0 aromatic heterocycles. The molecule has 4 heteroatoms. The van der Waals surface area contributed by atoms with E-state index in [1.807, 2.05) is 6.92 Å². The predicted molar refractivity (Wildman–Crippen MR) is 39.8 cm³/mol. The average Bonchev–Trinajstić information content (AvgIpc) is 1.99. The summed E-state index contributed by atoms with van der Waals surface area (Å²) in [6, 6.07) is -0.126. The Labute approximate surface area is 65.6 Å². The zero-order valence-corrected chi connectivity index (χ0v) is 6.46. The summed E-state index contributed by atoms with van der Waals surface area (Å²) < 4.78 is 0. The average molecular weight is 158 g/mol. The summed E-state index contributed by atoms with van der Waals surface area (Å²) in [6.45, 7) is 5.42. The first-order valence-electron chi connectivity index (χ1n) is 3.44. The molecule has 2 N–H and O–H groups in total. The van der Waals surface area contributed by atoms with Crippen molar-refractivity contribution in [3.63, 3.8) is 0 Å². The molecular formula is C7H12NO3. The van der Waals surface area contributed by atoms with E-state index in [-0.39, 0.29) is 6.04 Å². The van der Waals surface area contributed by atoms with Gasteiger partial charge in [0.25, 0.3) is 0 Å². The largest absolute Gasteiger partial charge is 0.474 e. The summed E-state index contributed by atoms with van der Waals surface area (Å²) >= 11 is 0. The molecule has 0 saturated carbocycles. The number of rotatable bonds is 3. The lowest BCUT2D eigenvalue weighted by Gasteiger charge is -2.11. The van der Waals surface area contributed by atoms with Crippen LogP contribution >= 0.6 is 0 Å². The number of carboxylic acids is 1. The number of aliphatic carboxylic acids is 1. The first-order valence-corrected chi connectivity index (χ1v) is 3.44. The minimum atomic E-state index is -1.45. The minimum absolute atomic E-state index is 0.126. The quantitative estimate of drug-likeness (QED) is 0.576. The van der Waals surface area contributed by atoms with Gasteiger partial charge in [-0.3, -0.25) is 4.79 Å². The minimum Gasteiger partial charge on any atom is -0.474 e. The fourth-order valence-corrected chi connectivity index (χ4v) is 0.625. The van der Waals surface area contributed by atoms with Crippen LogP contribution in [0.4, 0.5) is 0 Å². The van der Waals surface area contributed by atoms with E-state index in [1.165, 1.54) is 0 Å². The molecule has 0 aliphatic rings. The summed E-state index contributed by atoms with van der Waals surface area (Å²) in [5.74, 6) is -2.41. The molecule has 0 spiro atoms. The van der Waals surface area contributed by atoms with E-state index < -0.39 is 11.9 Å². The molecule has 63 valence electrons. The molecule has 1 atom stereocenters. The van der Waals surface area contributed by atoms with Crippen molar-refractivity contribution >= 4 is 11.9 Å². The van der Waals surface area contributed by atoms with Gasteiger partial charge in [0.15, 0.2) is 0 Å². The monoisotopic (exact) mass is 158 g/mol. The topological polar surface area (TPSA) is 66.4 Å². The summed E-state index contributed by atoms with van der Waals surface area (Å²) in [5.41, 5.74) is 0. The Kier molecular flexibility index (Phi) is 4.26. The highest BCUT2D eigenvalue weighted by Crippen LogP contribution is 1.94. The van der Waals surface area contributed by atoms with Gasteiger partial charge in [-0.1, -0.05) is 13.8 Å². The molecule has 1 radical (unpaired) electrons. The van der Waals surface area contributed by atoms with Gasteiger partial charge in [-0.2, -0.15) is 0 Å². The Balaban J connectivity index is 3.81. The van der Waals surface area contributed by atoms with Crippen LogP contribution in [0.25, 0.3) is 0 Å². The number of carboxylic acid groups (broad SMARTS) is 1. The molecule has 0 aromatic rings. The summed E-state index contributed by atoms with van der Waals surface area (Å²) in [7, 11) is 0. The van der Waals surface area contributed by atoms with Gasteiger partial charge in [-0.05, 0) is 12.8 Å². The van der Waals surface area contributed by atoms with Crippen LogP contribution in [-0.4, -0.2) is 23.0 Å². The Morgan fingerprint density at radius 2 is 2.18 bits per heavy atom. The van der Waals surface area contributed by atoms with E-state index in [9.17, 15) is 9.59 Å². The van der Waals surface area contributed by atoms with Gasteiger partial charge in [-0.15, -0.1) is 0 Å². The van der Waals surface area contributed by atoms with Gasteiger partial charge in [0, 0.05) is 6.04 Å². The maximum absolute atomic E-state index is 10.5. The molecule has 0 rings (SSSR count). The summed E-state index contributed by atoms with van der Waals surface area (Å²) in [4.78, 5) is 20.6. The first-order chi connectivity index (χ1) is 5.11. The van der Waals surface area contributed by atoms with E-state index in [0.717, 1.165) is 0 Å². The zero-order valence-electron chi connectivity index (χ0n) is 6.46. The number of carbonyl (C=O) groups excluding carboxylic acids is 1. The fraction of sp³-hybridized carbons (Fsp3) is 0.571. The highest BCUT2D eigenvalue weighted by atomic mass is 16.4. The molecule has 0 aromatic carbocycles. The van der Waals surface area contributed by atoms with Crippen LogP contribution in [0, 0.1) is 6.92 Å². The number of hydrogen-bond acceptors (Lipinski definition) is 2. The van der Waals surface area contributed by atoms with Crippen molar-refractivity contribution < 1.29 is 14.7 Å². The van der Waals surface area contributed by atoms with Crippen molar-refractivity contribution in [1.82, 2.24) is 5.32 Å². The highest BCUT2D eigenvalue weighted by Gasteiger charge is 2.14. The molecule has 0 aliphatic heterocycles. The molecule has 0 aliphatic carbocycles. The lowest BCUT2D eigenvalue weighted by atomic mass is 10.2. The molecule has 1 unspecified atom stereocenters. The third-order valence-electron chi connectivity index (χ3n) is 1.37. The number of amides is 1. The van der Waals surface area contributed by atoms with Gasteiger partial charge in [0.1, 0.15) is 0 Å². The Morgan fingerprint density at radius 1 is 1.64 bits per heavy atom. The van der Waals surface area contributed by atoms with Crippen molar-refractivity contribution in [2.75, 3.05) is 0 Å². The van der Waals surface area contributed by atoms with Gasteiger partial charge in [0.2, 0.25) is 0 Å². The number of carbonyl (C=O) groups is 2. The highest BCUT2D eigenvalue weighted by molar-refractivity contribution is 6.31. The van der Waals surface area contributed by atoms with E-state index in [2.05, 4.69) is 12.2 Å². The number of nitrogens with one attached hydrogen (secondary N) is 1. The maximum atomic E-state index is 10.5. The zero-order chi connectivity index (χ0) is 8.85. The normalized spacial score (nSPS) is 9.73. The molecule has 0 bridgehead atoms. The Morgan fingerprint density at radius 3 is 2.45 bits per heavy atom. The standard InChI is InChI=1S/C7H12NO3/c1-3-5(4-2)8-6(9)7(10)11/h5H,1,3-4H2,2H3,(H,8,9)(H,10,11). The van der Waals surface area contributed by atoms with E-state index in [4.69, 9.17) is 5.11 Å². The van der Waals surface area contributed by atoms with E-state index in [1.54, 1.807) is 0 Å². The third kappa shape index (κ3) is 3.60. The lowest BCUT2D eigenvalue weighted by molar-refractivity contribution is -0.150. The molecule has 0 saturated heterocycles. The van der Waals surface area contributed by atoms with Gasteiger partial charge >= 0.3 is 11.9 Å². The molecular weight excluding hydrogens is 146 g/mol. The molecule has 1 amide bonds. The summed E-state index contributed by atoms with van der Waals surface area (Å²) in [6.07, 6.45) is 1.21. The molecule has 0 heterocycles. The third-order valence-corrected chi connectivity index (χ3v) is 1.37. The van der Waals surface area contributed by atoms with Crippen molar-refractivity contribution in [3.8, 4) is 0 Å². The Hall–Kier alpha value is -1.06. The van der Waals surface area contributed by atoms with Gasteiger partial charge < -0.3 is 10.4 Å².